The number of sulfonamides is 1. The van der Waals surface area contributed by atoms with Gasteiger partial charge in [0.25, 0.3) is 0 Å². The van der Waals surface area contributed by atoms with Gasteiger partial charge in [0.1, 0.15) is 4.90 Å². The Hall–Kier alpha value is -0.330. The Balaban J connectivity index is 3.02. The first-order valence-electron chi connectivity index (χ1n) is 6.40. The van der Waals surface area contributed by atoms with E-state index in [4.69, 9.17) is 23.2 Å². The summed E-state index contributed by atoms with van der Waals surface area (Å²) in [5.74, 6) is 0.429. The molecule has 0 aliphatic rings. The summed E-state index contributed by atoms with van der Waals surface area (Å²) in [5, 5.41) is 3.52. The third-order valence-corrected chi connectivity index (χ3v) is 5.05. The minimum atomic E-state index is -3.61. The molecule has 0 aliphatic carbocycles. The lowest BCUT2D eigenvalue weighted by molar-refractivity contribution is 0.551. The fraction of sp³-hybridized carbons (Fsp3) is 0.538. The Morgan fingerprint density at radius 1 is 1.20 bits per heavy atom. The normalized spacial score (nSPS) is 12.1. The Morgan fingerprint density at radius 3 is 2.40 bits per heavy atom. The molecule has 1 aromatic rings. The molecule has 2 N–H and O–H groups in total. The summed E-state index contributed by atoms with van der Waals surface area (Å²) in [6.07, 6.45) is 0.772. The van der Waals surface area contributed by atoms with Gasteiger partial charge in [0, 0.05) is 18.1 Å². The van der Waals surface area contributed by atoms with Crippen LogP contribution in [0.15, 0.2) is 17.0 Å². The summed E-state index contributed by atoms with van der Waals surface area (Å²) in [5.41, 5.74) is 0.697. The highest BCUT2D eigenvalue weighted by atomic mass is 35.5. The smallest absolute Gasteiger partial charge is 0.242 e. The van der Waals surface area contributed by atoms with Crippen molar-refractivity contribution >= 4 is 33.2 Å². The third-order valence-electron chi connectivity index (χ3n) is 2.77. The molecule has 0 radical (unpaired) electrons. The summed E-state index contributed by atoms with van der Waals surface area (Å²) in [4.78, 5) is 0.0672. The van der Waals surface area contributed by atoms with Crippen molar-refractivity contribution in [2.75, 3.05) is 13.6 Å². The minimum Gasteiger partial charge on any atom is -0.316 e. The van der Waals surface area contributed by atoms with Crippen molar-refractivity contribution in [1.29, 1.82) is 0 Å². The van der Waals surface area contributed by atoms with E-state index in [1.54, 1.807) is 7.05 Å². The van der Waals surface area contributed by atoms with Gasteiger partial charge in [-0.3, -0.25) is 0 Å². The first kappa shape index (κ1) is 17.7. The maximum atomic E-state index is 12.2. The molecule has 1 aromatic carbocycles. The second-order valence-electron chi connectivity index (χ2n) is 4.98. The minimum absolute atomic E-state index is 0.0672. The topological polar surface area (TPSA) is 58.2 Å². The predicted molar refractivity (Wildman–Crippen MR) is 83.9 cm³/mol. The van der Waals surface area contributed by atoms with E-state index in [-0.39, 0.29) is 9.92 Å². The summed E-state index contributed by atoms with van der Waals surface area (Å²) >= 11 is 12.0. The summed E-state index contributed by atoms with van der Waals surface area (Å²) < 4.78 is 27.0. The van der Waals surface area contributed by atoms with Gasteiger partial charge in [0.15, 0.2) is 0 Å². The highest BCUT2D eigenvalue weighted by molar-refractivity contribution is 7.89. The molecule has 0 aromatic heterocycles. The molecule has 0 aliphatic heterocycles. The zero-order valence-electron chi connectivity index (χ0n) is 11.8. The lowest BCUT2D eigenvalue weighted by Crippen LogP contribution is -2.26. The third kappa shape index (κ3) is 4.90. The summed E-state index contributed by atoms with van der Waals surface area (Å²) in [6.45, 7) is 4.94. The van der Waals surface area contributed by atoms with Gasteiger partial charge in [-0.2, -0.15) is 0 Å². The van der Waals surface area contributed by atoms with E-state index in [9.17, 15) is 8.42 Å². The van der Waals surface area contributed by atoms with Crippen LogP contribution in [0.1, 0.15) is 25.8 Å². The van der Waals surface area contributed by atoms with Crippen molar-refractivity contribution in [3.63, 3.8) is 0 Å². The molecule has 0 amide bonds. The van der Waals surface area contributed by atoms with Gasteiger partial charge < -0.3 is 5.32 Å². The summed E-state index contributed by atoms with van der Waals surface area (Å²) in [7, 11) is -1.85. The van der Waals surface area contributed by atoms with Crippen LogP contribution in [0.5, 0.6) is 0 Å². The largest absolute Gasteiger partial charge is 0.316 e. The number of benzene rings is 1. The molecule has 0 saturated carbocycles. The standard InChI is InChI=1S/C13H20Cl2N2O2S/c1-9(2)4-5-17-20(18,19)13-6-10(8-16-3)11(14)7-12(13)15/h6-7,9,16-17H,4-5,8H2,1-3H3. The van der Waals surface area contributed by atoms with Gasteiger partial charge in [0.2, 0.25) is 10.0 Å². The van der Waals surface area contributed by atoms with Crippen molar-refractivity contribution in [3.8, 4) is 0 Å². The highest BCUT2D eigenvalue weighted by Crippen LogP contribution is 2.28. The van der Waals surface area contributed by atoms with Crippen molar-refractivity contribution in [1.82, 2.24) is 10.0 Å². The van der Waals surface area contributed by atoms with Crippen LogP contribution in [0.4, 0.5) is 0 Å². The lowest BCUT2D eigenvalue weighted by atomic mass is 10.1. The fourth-order valence-corrected chi connectivity index (χ4v) is 3.57. The number of hydrogen-bond donors (Lipinski definition) is 2. The van der Waals surface area contributed by atoms with Crippen LogP contribution in [0, 0.1) is 5.92 Å². The van der Waals surface area contributed by atoms with E-state index in [0.717, 1.165) is 6.42 Å². The zero-order valence-corrected chi connectivity index (χ0v) is 14.2. The first-order valence-corrected chi connectivity index (χ1v) is 8.64. The molecular weight excluding hydrogens is 319 g/mol. The second-order valence-corrected chi connectivity index (χ2v) is 7.53. The van der Waals surface area contributed by atoms with Crippen LogP contribution in [0.2, 0.25) is 10.0 Å². The molecule has 0 unspecified atom stereocenters. The van der Waals surface area contributed by atoms with Crippen LogP contribution in [0.25, 0.3) is 0 Å². The highest BCUT2D eigenvalue weighted by Gasteiger charge is 2.19. The first-order chi connectivity index (χ1) is 9.27. The van der Waals surface area contributed by atoms with Gasteiger partial charge in [-0.05, 0) is 37.1 Å². The van der Waals surface area contributed by atoms with Crippen LogP contribution in [-0.2, 0) is 16.6 Å². The molecule has 0 fully saturated rings. The van der Waals surface area contributed by atoms with Gasteiger partial charge >= 0.3 is 0 Å². The number of rotatable bonds is 7. The van der Waals surface area contributed by atoms with E-state index in [1.807, 2.05) is 13.8 Å². The zero-order chi connectivity index (χ0) is 15.3. The van der Waals surface area contributed by atoms with Crippen molar-refractivity contribution < 1.29 is 8.42 Å². The number of hydrogen-bond acceptors (Lipinski definition) is 3. The molecule has 114 valence electrons. The van der Waals surface area contributed by atoms with Crippen molar-refractivity contribution in [2.45, 2.75) is 31.7 Å². The Morgan fingerprint density at radius 2 is 1.85 bits per heavy atom. The van der Waals surface area contributed by atoms with Gasteiger partial charge in [-0.25, -0.2) is 13.1 Å². The van der Waals surface area contributed by atoms with E-state index in [0.29, 0.717) is 29.6 Å². The molecule has 0 bridgehead atoms. The van der Waals surface area contributed by atoms with Crippen molar-refractivity contribution in [3.05, 3.63) is 27.7 Å². The van der Waals surface area contributed by atoms with Crippen LogP contribution in [0.3, 0.4) is 0 Å². The van der Waals surface area contributed by atoms with Crippen molar-refractivity contribution in [2.24, 2.45) is 5.92 Å². The molecule has 20 heavy (non-hydrogen) atoms. The molecule has 0 spiro atoms. The maximum absolute atomic E-state index is 12.2. The predicted octanol–water partition coefficient (Wildman–Crippen LogP) is 3.04. The van der Waals surface area contributed by atoms with E-state index < -0.39 is 10.0 Å². The quantitative estimate of drug-likeness (QED) is 0.803. The molecular formula is C13H20Cl2N2O2S. The van der Waals surface area contributed by atoms with Gasteiger partial charge in [0.05, 0.1) is 5.02 Å². The van der Waals surface area contributed by atoms with Crippen LogP contribution >= 0.6 is 23.2 Å². The molecule has 7 heteroatoms. The second kappa shape index (κ2) is 7.61. The SMILES string of the molecule is CNCc1cc(S(=O)(=O)NCCC(C)C)c(Cl)cc1Cl. The van der Waals surface area contributed by atoms with E-state index >= 15 is 0 Å². The Labute approximate surface area is 130 Å². The van der Waals surface area contributed by atoms with Gasteiger partial charge in [-0.1, -0.05) is 37.0 Å². The summed E-state index contributed by atoms with van der Waals surface area (Å²) in [6, 6.07) is 2.98. The molecule has 1 rings (SSSR count). The molecule has 0 atom stereocenters. The van der Waals surface area contributed by atoms with Crippen LogP contribution in [-0.4, -0.2) is 22.0 Å². The fourth-order valence-electron chi connectivity index (χ4n) is 1.66. The maximum Gasteiger partial charge on any atom is 0.242 e. The lowest BCUT2D eigenvalue weighted by Gasteiger charge is -2.12. The molecule has 0 heterocycles. The van der Waals surface area contributed by atoms with E-state index in [2.05, 4.69) is 10.0 Å². The average molecular weight is 339 g/mol. The number of nitrogens with one attached hydrogen (secondary N) is 2. The number of halogens is 2. The van der Waals surface area contributed by atoms with E-state index in [1.165, 1.54) is 12.1 Å². The van der Waals surface area contributed by atoms with Gasteiger partial charge in [-0.15, -0.1) is 0 Å². The van der Waals surface area contributed by atoms with Crippen LogP contribution < -0.4 is 10.0 Å². The Kier molecular flexibility index (Phi) is 6.75. The average Bonchev–Trinajstić information content (AvgIpc) is 2.31. The molecule has 0 saturated heterocycles. The molecule has 4 nitrogen and oxygen atoms in total. The Bertz CT molecular complexity index is 560. The monoisotopic (exact) mass is 338 g/mol.